The van der Waals surface area contributed by atoms with E-state index in [-0.39, 0.29) is 23.6 Å². The normalized spacial score (nSPS) is 14.7. The number of methoxy groups -OCH3 is 1. The summed E-state index contributed by atoms with van der Waals surface area (Å²) < 4.78 is 11.0. The lowest BCUT2D eigenvalue weighted by atomic mass is 10.0. The first-order chi connectivity index (χ1) is 15.4. The number of amides is 4. The van der Waals surface area contributed by atoms with Crippen molar-refractivity contribution in [1.29, 1.82) is 0 Å². The molecule has 1 aliphatic heterocycles. The number of aromatic hydroxyl groups is 1. The van der Waals surface area contributed by atoms with Crippen molar-refractivity contribution in [2.24, 2.45) is 0 Å². The molecule has 32 heavy (non-hydrogen) atoms. The Balaban J connectivity index is 2.06. The number of urea groups is 1. The number of phenolic OH excluding ortho intramolecular Hbond substituents is 1. The summed E-state index contributed by atoms with van der Waals surface area (Å²) in [5, 5.41) is 11.6. The number of allylic oxidation sites excluding steroid dienone is 1. The summed E-state index contributed by atoms with van der Waals surface area (Å²) >= 11 is 0. The minimum absolute atomic E-state index is 0.0283. The lowest BCUT2D eigenvalue weighted by molar-refractivity contribution is -0.122. The van der Waals surface area contributed by atoms with Crippen molar-refractivity contribution in [3.63, 3.8) is 0 Å². The van der Waals surface area contributed by atoms with Crippen molar-refractivity contribution in [2.75, 3.05) is 18.6 Å². The van der Waals surface area contributed by atoms with Gasteiger partial charge in [0, 0.05) is 5.56 Å². The highest BCUT2D eigenvalue weighted by atomic mass is 16.5. The van der Waals surface area contributed by atoms with Gasteiger partial charge < -0.3 is 14.6 Å². The number of rotatable bonds is 7. The fourth-order valence-corrected chi connectivity index (χ4v) is 3.16. The summed E-state index contributed by atoms with van der Waals surface area (Å²) in [6.07, 6.45) is 8.73. The van der Waals surface area contributed by atoms with E-state index < -0.39 is 17.8 Å². The second-order valence-corrected chi connectivity index (χ2v) is 6.67. The smallest absolute Gasteiger partial charge is 0.335 e. The number of nitrogens with one attached hydrogen (secondary N) is 1. The lowest BCUT2D eigenvalue weighted by Crippen LogP contribution is -2.54. The van der Waals surface area contributed by atoms with E-state index in [2.05, 4.69) is 17.8 Å². The van der Waals surface area contributed by atoms with Crippen LogP contribution in [0.15, 0.2) is 54.6 Å². The van der Waals surface area contributed by atoms with Gasteiger partial charge in [-0.1, -0.05) is 12.0 Å². The maximum atomic E-state index is 13.0. The molecule has 2 aromatic carbocycles. The Hall–Kier alpha value is -4.51. The van der Waals surface area contributed by atoms with E-state index >= 15 is 0 Å². The number of hydrogen-bond acceptors (Lipinski definition) is 6. The topological polar surface area (TPSA) is 105 Å². The van der Waals surface area contributed by atoms with Crippen LogP contribution in [-0.4, -0.2) is 36.7 Å². The van der Waals surface area contributed by atoms with Gasteiger partial charge in [-0.05, 0) is 54.5 Å². The molecule has 3 rings (SSSR count). The number of barbiturate groups is 1. The molecule has 0 bridgehead atoms. The standard InChI is InChI=1S/C24H20N2O6/c1-4-6-16-12-15(14-20(31-3)21(16)32-11-5-2)13-19-22(28)25-24(30)26(23(19)29)17-7-9-18(27)10-8-17/h2,4,7-10,12-14,27H,1,6,11H2,3H3,(H,25,28,30)/b19-13+. The third-order valence-electron chi connectivity index (χ3n) is 4.56. The molecule has 0 radical (unpaired) electrons. The zero-order valence-corrected chi connectivity index (χ0v) is 17.3. The van der Waals surface area contributed by atoms with Crippen molar-refractivity contribution in [2.45, 2.75) is 6.42 Å². The zero-order valence-electron chi connectivity index (χ0n) is 17.3. The molecule has 1 saturated heterocycles. The predicted molar refractivity (Wildman–Crippen MR) is 118 cm³/mol. The van der Waals surface area contributed by atoms with Gasteiger partial charge in [-0.3, -0.25) is 14.9 Å². The molecule has 0 unspecified atom stereocenters. The molecule has 162 valence electrons. The molecule has 0 saturated carbocycles. The molecule has 2 aromatic rings. The van der Waals surface area contributed by atoms with Gasteiger partial charge in [-0.15, -0.1) is 13.0 Å². The van der Waals surface area contributed by atoms with Gasteiger partial charge >= 0.3 is 6.03 Å². The highest BCUT2D eigenvalue weighted by Gasteiger charge is 2.36. The Morgan fingerprint density at radius 3 is 2.56 bits per heavy atom. The first-order valence-electron chi connectivity index (χ1n) is 9.48. The van der Waals surface area contributed by atoms with Crippen molar-refractivity contribution in [3.8, 4) is 29.6 Å². The van der Waals surface area contributed by atoms with Crippen LogP contribution in [0.3, 0.4) is 0 Å². The van der Waals surface area contributed by atoms with Crippen LogP contribution in [0.5, 0.6) is 17.2 Å². The van der Waals surface area contributed by atoms with Gasteiger partial charge in [0.25, 0.3) is 11.8 Å². The SMILES string of the molecule is C#CCOc1c(CC=C)cc(/C=C2\C(=O)NC(=O)N(c3ccc(O)cc3)C2=O)cc1OC. The van der Waals surface area contributed by atoms with Crippen LogP contribution in [0.4, 0.5) is 10.5 Å². The minimum Gasteiger partial charge on any atom is -0.508 e. The summed E-state index contributed by atoms with van der Waals surface area (Å²) in [4.78, 5) is 38.6. The summed E-state index contributed by atoms with van der Waals surface area (Å²) in [6, 6.07) is 7.86. The van der Waals surface area contributed by atoms with Gasteiger partial charge in [0.05, 0.1) is 12.8 Å². The van der Waals surface area contributed by atoms with Crippen molar-refractivity contribution in [1.82, 2.24) is 5.32 Å². The van der Waals surface area contributed by atoms with Gasteiger partial charge in [0.15, 0.2) is 11.5 Å². The van der Waals surface area contributed by atoms with Gasteiger partial charge in [-0.2, -0.15) is 0 Å². The van der Waals surface area contributed by atoms with Crippen LogP contribution in [0.2, 0.25) is 0 Å². The number of ether oxygens (including phenoxy) is 2. The molecule has 1 heterocycles. The van der Waals surface area contributed by atoms with E-state index in [1.165, 1.54) is 37.5 Å². The van der Waals surface area contributed by atoms with Crippen LogP contribution >= 0.6 is 0 Å². The minimum atomic E-state index is -0.884. The Bertz CT molecular complexity index is 1160. The van der Waals surface area contributed by atoms with Crippen molar-refractivity contribution in [3.05, 3.63) is 65.8 Å². The predicted octanol–water partition coefficient (Wildman–Crippen LogP) is 2.81. The van der Waals surface area contributed by atoms with Gasteiger partial charge in [0.1, 0.15) is 17.9 Å². The van der Waals surface area contributed by atoms with E-state index in [4.69, 9.17) is 15.9 Å². The number of hydrogen-bond donors (Lipinski definition) is 2. The highest BCUT2D eigenvalue weighted by Crippen LogP contribution is 2.35. The molecular weight excluding hydrogens is 412 g/mol. The summed E-state index contributed by atoms with van der Waals surface area (Å²) in [5.41, 5.74) is 1.12. The van der Waals surface area contributed by atoms with E-state index in [1.54, 1.807) is 18.2 Å². The molecule has 0 aromatic heterocycles. The lowest BCUT2D eigenvalue weighted by Gasteiger charge is -2.26. The number of phenols is 1. The molecule has 8 nitrogen and oxygen atoms in total. The van der Waals surface area contributed by atoms with E-state index in [0.29, 0.717) is 29.0 Å². The summed E-state index contributed by atoms with van der Waals surface area (Å²) in [5.74, 6) is 1.53. The average Bonchev–Trinajstić information content (AvgIpc) is 2.77. The maximum absolute atomic E-state index is 13.0. The fraction of sp³-hybridized carbons (Fsp3) is 0.125. The number of nitrogens with zero attached hydrogens (tertiary/aromatic N) is 1. The second kappa shape index (κ2) is 9.53. The maximum Gasteiger partial charge on any atom is 0.335 e. The molecule has 1 aliphatic rings. The van der Waals surface area contributed by atoms with Crippen LogP contribution < -0.4 is 19.7 Å². The zero-order chi connectivity index (χ0) is 23.3. The van der Waals surface area contributed by atoms with Crippen LogP contribution in [0, 0.1) is 12.3 Å². The van der Waals surface area contributed by atoms with Crippen molar-refractivity contribution < 1.29 is 29.0 Å². The fourth-order valence-electron chi connectivity index (χ4n) is 3.16. The van der Waals surface area contributed by atoms with Crippen LogP contribution in [0.1, 0.15) is 11.1 Å². The number of carbonyl (C=O) groups excluding carboxylic acids is 3. The molecule has 0 aliphatic carbocycles. The van der Waals surface area contributed by atoms with E-state index in [1.807, 2.05) is 0 Å². The highest BCUT2D eigenvalue weighted by molar-refractivity contribution is 6.39. The second-order valence-electron chi connectivity index (χ2n) is 6.67. The average molecular weight is 432 g/mol. The molecule has 8 heteroatoms. The first-order valence-corrected chi connectivity index (χ1v) is 9.48. The number of terminal acetylenes is 1. The van der Waals surface area contributed by atoms with Crippen LogP contribution in [-0.2, 0) is 16.0 Å². The molecule has 2 N–H and O–H groups in total. The first kappa shape index (κ1) is 22.2. The number of imide groups is 2. The van der Waals surface area contributed by atoms with E-state index in [9.17, 15) is 19.5 Å². The molecule has 1 fully saturated rings. The Morgan fingerprint density at radius 1 is 1.22 bits per heavy atom. The van der Waals surface area contributed by atoms with Gasteiger partial charge in [0.2, 0.25) is 0 Å². The van der Waals surface area contributed by atoms with Crippen molar-refractivity contribution >= 4 is 29.6 Å². The van der Waals surface area contributed by atoms with E-state index in [0.717, 1.165) is 4.90 Å². The number of anilines is 1. The summed E-state index contributed by atoms with van der Waals surface area (Å²) in [6.45, 7) is 3.76. The monoisotopic (exact) mass is 432 g/mol. The molecule has 0 spiro atoms. The number of benzene rings is 2. The Kier molecular flexibility index (Phi) is 6.61. The Labute approximate surface area is 184 Å². The van der Waals surface area contributed by atoms with Crippen LogP contribution in [0.25, 0.3) is 6.08 Å². The molecular formula is C24H20N2O6. The molecule has 0 atom stereocenters. The number of carbonyl (C=O) groups is 3. The van der Waals surface area contributed by atoms with Gasteiger partial charge in [-0.25, -0.2) is 9.69 Å². The third kappa shape index (κ3) is 4.47. The third-order valence-corrected chi connectivity index (χ3v) is 4.56. The quantitative estimate of drug-likeness (QED) is 0.302. The Morgan fingerprint density at radius 2 is 1.94 bits per heavy atom. The largest absolute Gasteiger partial charge is 0.508 e. The molecule has 4 amide bonds. The summed E-state index contributed by atoms with van der Waals surface area (Å²) in [7, 11) is 1.45.